The fourth-order valence-corrected chi connectivity index (χ4v) is 3.69. The largest absolute Gasteiger partial charge is 0.497 e. The predicted octanol–water partition coefficient (Wildman–Crippen LogP) is 5.01. The normalized spacial score (nSPS) is 16.6. The number of ether oxygens (including phenoxy) is 1. The van der Waals surface area contributed by atoms with Crippen molar-refractivity contribution in [1.82, 2.24) is 0 Å². The Bertz CT molecular complexity index is 906. The van der Waals surface area contributed by atoms with Crippen molar-refractivity contribution in [2.75, 3.05) is 12.4 Å². The lowest BCUT2D eigenvalue weighted by atomic mass is 9.86. The van der Waals surface area contributed by atoms with Crippen LogP contribution in [0.1, 0.15) is 24.5 Å². The maximum Gasteiger partial charge on any atom is 0.304 e. The molecule has 0 aliphatic carbocycles. The summed E-state index contributed by atoms with van der Waals surface area (Å²) in [7, 11) is 1.61. The highest BCUT2D eigenvalue weighted by Crippen LogP contribution is 2.40. The minimum Gasteiger partial charge on any atom is -0.497 e. The lowest BCUT2D eigenvalue weighted by Gasteiger charge is -2.18. The fraction of sp³-hybridized carbons (Fsp3) is 0.200. The van der Waals surface area contributed by atoms with E-state index in [0.29, 0.717) is 15.8 Å². The van der Waals surface area contributed by atoms with Crippen LogP contribution in [0.2, 0.25) is 5.02 Å². The summed E-state index contributed by atoms with van der Waals surface area (Å²) in [4.78, 5) is 11.9. The Hall–Kier alpha value is -2.37. The zero-order chi connectivity index (χ0) is 18.8. The van der Waals surface area contributed by atoms with Gasteiger partial charge in [0.15, 0.2) is 0 Å². The smallest absolute Gasteiger partial charge is 0.304 e. The monoisotopic (exact) mass is 387 g/mol. The van der Waals surface area contributed by atoms with Gasteiger partial charge in [-0.2, -0.15) is 0 Å². The van der Waals surface area contributed by atoms with E-state index in [0.717, 1.165) is 28.0 Å². The van der Waals surface area contributed by atoms with E-state index in [4.69, 9.17) is 28.6 Å². The molecule has 0 radical (unpaired) electrons. The molecule has 1 atom stereocenters. The van der Waals surface area contributed by atoms with E-state index in [-0.39, 0.29) is 6.42 Å². The second-order valence-electron chi connectivity index (χ2n) is 6.12. The molecule has 1 aliphatic heterocycles. The van der Waals surface area contributed by atoms with Gasteiger partial charge < -0.3 is 15.2 Å². The Morgan fingerprint density at radius 3 is 2.58 bits per heavy atom. The van der Waals surface area contributed by atoms with E-state index >= 15 is 0 Å². The van der Waals surface area contributed by atoms with Crippen LogP contribution in [0, 0.1) is 5.92 Å². The molecule has 1 heterocycles. The van der Waals surface area contributed by atoms with Crippen LogP contribution in [-0.2, 0) is 4.79 Å². The molecular weight excluding hydrogens is 370 g/mol. The molecule has 1 unspecified atom stereocenters. The summed E-state index contributed by atoms with van der Waals surface area (Å²) in [5, 5.41) is 13.2. The number of halogens is 1. The molecule has 2 aromatic carbocycles. The number of carboxylic acid groups (broad SMARTS) is 1. The molecule has 0 saturated heterocycles. The molecule has 1 aliphatic rings. The molecular formula is C20H18ClNO3S. The number of benzene rings is 2. The molecule has 134 valence electrons. The number of anilines is 1. The molecule has 26 heavy (non-hydrogen) atoms. The number of rotatable bonds is 4. The van der Waals surface area contributed by atoms with Gasteiger partial charge in [0.2, 0.25) is 0 Å². The Balaban J connectivity index is 2.27. The van der Waals surface area contributed by atoms with Crippen LogP contribution in [0.4, 0.5) is 5.69 Å². The Morgan fingerprint density at radius 1 is 1.27 bits per heavy atom. The van der Waals surface area contributed by atoms with Crippen molar-refractivity contribution in [2.45, 2.75) is 13.3 Å². The van der Waals surface area contributed by atoms with Crippen molar-refractivity contribution in [3.05, 3.63) is 64.2 Å². The average Bonchev–Trinajstić information content (AvgIpc) is 2.71. The average molecular weight is 388 g/mol. The van der Waals surface area contributed by atoms with Gasteiger partial charge in [-0.25, -0.2) is 0 Å². The van der Waals surface area contributed by atoms with Crippen LogP contribution in [-0.4, -0.2) is 23.2 Å². The van der Waals surface area contributed by atoms with Crippen molar-refractivity contribution < 1.29 is 14.6 Å². The quantitative estimate of drug-likeness (QED) is 0.722. The van der Waals surface area contributed by atoms with E-state index in [1.807, 2.05) is 49.4 Å². The number of thiocarbonyl (C=S) groups is 1. The zero-order valence-corrected chi connectivity index (χ0v) is 15.9. The highest BCUT2D eigenvalue weighted by atomic mass is 35.5. The second kappa shape index (κ2) is 7.48. The molecule has 0 amide bonds. The SMILES string of the molecule is COc1ccc2c(c1)C(c1ccc(Cl)cc1)=C(C)C(CC(=O)O)C(=S)N2. The van der Waals surface area contributed by atoms with Crippen LogP contribution >= 0.6 is 23.8 Å². The number of fused-ring (bicyclic) bond motifs is 1. The van der Waals surface area contributed by atoms with Gasteiger partial charge in [-0.3, -0.25) is 4.79 Å². The van der Waals surface area contributed by atoms with Gasteiger partial charge in [-0.1, -0.05) is 41.5 Å². The predicted molar refractivity (Wildman–Crippen MR) is 108 cm³/mol. The van der Waals surface area contributed by atoms with Gasteiger partial charge in [0.1, 0.15) is 5.75 Å². The minimum absolute atomic E-state index is 0.0696. The number of nitrogens with one attached hydrogen (secondary N) is 1. The maximum absolute atomic E-state index is 11.4. The van der Waals surface area contributed by atoms with Crippen LogP contribution in [0.25, 0.3) is 5.57 Å². The van der Waals surface area contributed by atoms with E-state index in [1.165, 1.54) is 0 Å². The molecule has 0 bridgehead atoms. The summed E-state index contributed by atoms with van der Waals surface area (Å²) < 4.78 is 5.38. The summed E-state index contributed by atoms with van der Waals surface area (Å²) in [6, 6.07) is 13.2. The molecule has 6 heteroatoms. The summed E-state index contributed by atoms with van der Waals surface area (Å²) in [5.74, 6) is -0.573. The number of carboxylic acids is 1. The molecule has 3 rings (SSSR count). The summed E-state index contributed by atoms with van der Waals surface area (Å²) in [6.45, 7) is 1.93. The second-order valence-corrected chi connectivity index (χ2v) is 6.99. The Labute approximate surface area is 162 Å². The first-order chi connectivity index (χ1) is 12.4. The van der Waals surface area contributed by atoms with Crippen molar-refractivity contribution >= 4 is 46.0 Å². The molecule has 0 spiro atoms. The van der Waals surface area contributed by atoms with Crippen molar-refractivity contribution in [1.29, 1.82) is 0 Å². The molecule has 0 aromatic heterocycles. The summed E-state index contributed by atoms with van der Waals surface area (Å²) >= 11 is 11.6. The fourth-order valence-electron chi connectivity index (χ4n) is 3.19. The first kappa shape index (κ1) is 18.4. The van der Waals surface area contributed by atoms with Gasteiger partial charge >= 0.3 is 5.97 Å². The van der Waals surface area contributed by atoms with Crippen LogP contribution in [0.3, 0.4) is 0 Å². The van der Waals surface area contributed by atoms with E-state index in [2.05, 4.69) is 5.32 Å². The number of methoxy groups -OCH3 is 1. The topological polar surface area (TPSA) is 58.6 Å². The van der Waals surface area contributed by atoms with Gasteiger partial charge in [-0.15, -0.1) is 0 Å². The third-order valence-electron chi connectivity index (χ3n) is 4.50. The summed E-state index contributed by atoms with van der Waals surface area (Å²) in [5.41, 5.74) is 4.53. The molecule has 0 saturated carbocycles. The van der Waals surface area contributed by atoms with Crippen molar-refractivity contribution in [2.24, 2.45) is 5.92 Å². The Morgan fingerprint density at radius 2 is 1.96 bits per heavy atom. The van der Waals surface area contributed by atoms with Crippen LogP contribution in [0.5, 0.6) is 5.75 Å². The summed E-state index contributed by atoms with van der Waals surface area (Å²) in [6.07, 6.45) is -0.0696. The maximum atomic E-state index is 11.4. The number of hydrogen-bond donors (Lipinski definition) is 2. The van der Waals surface area contributed by atoms with E-state index in [9.17, 15) is 9.90 Å². The minimum atomic E-state index is -0.891. The van der Waals surface area contributed by atoms with Crippen molar-refractivity contribution in [3.63, 3.8) is 0 Å². The Kier molecular flexibility index (Phi) is 5.30. The third kappa shape index (κ3) is 3.59. The van der Waals surface area contributed by atoms with Gasteiger partial charge in [-0.05, 0) is 48.4 Å². The third-order valence-corrected chi connectivity index (χ3v) is 5.14. The number of aliphatic carboxylic acids is 1. The molecule has 0 fully saturated rings. The van der Waals surface area contributed by atoms with Gasteiger partial charge in [0.05, 0.1) is 18.5 Å². The molecule has 2 N–H and O–H groups in total. The lowest BCUT2D eigenvalue weighted by molar-refractivity contribution is -0.137. The highest BCUT2D eigenvalue weighted by Gasteiger charge is 2.28. The first-order valence-corrected chi connectivity index (χ1v) is 8.87. The highest BCUT2D eigenvalue weighted by molar-refractivity contribution is 7.80. The number of carbonyl (C=O) groups is 1. The standard InChI is InChI=1S/C20H18ClNO3S/c1-11-15(10-18(23)24)20(26)22-17-8-7-14(25-2)9-16(17)19(11)12-3-5-13(21)6-4-12/h3-9,15H,10H2,1-2H3,(H,22,26)(H,23,24). The van der Waals surface area contributed by atoms with Gasteiger partial charge in [0, 0.05) is 22.2 Å². The van der Waals surface area contributed by atoms with E-state index in [1.54, 1.807) is 7.11 Å². The number of hydrogen-bond acceptors (Lipinski definition) is 3. The van der Waals surface area contributed by atoms with Crippen LogP contribution < -0.4 is 10.1 Å². The van der Waals surface area contributed by atoms with Crippen molar-refractivity contribution in [3.8, 4) is 5.75 Å². The molecule has 2 aromatic rings. The first-order valence-electron chi connectivity index (χ1n) is 8.08. The molecule has 4 nitrogen and oxygen atoms in total. The zero-order valence-electron chi connectivity index (χ0n) is 14.4. The van der Waals surface area contributed by atoms with Gasteiger partial charge in [0.25, 0.3) is 0 Å². The van der Waals surface area contributed by atoms with Crippen LogP contribution in [0.15, 0.2) is 48.0 Å². The lowest BCUT2D eigenvalue weighted by Crippen LogP contribution is -2.23. The van der Waals surface area contributed by atoms with E-state index < -0.39 is 11.9 Å².